The van der Waals surface area contributed by atoms with Crippen LogP contribution in [0.15, 0.2) is 23.8 Å². The normalized spacial score (nSPS) is 11.0. The molecule has 0 radical (unpaired) electrons. The minimum absolute atomic E-state index is 0.0556. The molecule has 0 aromatic heterocycles. The van der Waals surface area contributed by atoms with Crippen LogP contribution < -0.4 is 5.73 Å². The Morgan fingerprint density at radius 3 is 2.25 bits per heavy atom. The molecule has 0 atom stereocenters. The number of hydrogen-bond donors (Lipinski definition) is 1. The molecule has 1 amide bonds. The van der Waals surface area contributed by atoms with E-state index in [1.165, 1.54) is 13.0 Å². The summed E-state index contributed by atoms with van der Waals surface area (Å²) in [5, 5.41) is 0. The van der Waals surface area contributed by atoms with Crippen molar-refractivity contribution in [2.24, 2.45) is 5.73 Å². The average Bonchev–Trinajstić information content (AvgIpc) is 1.98. The lowest BCUT2D eigenvalue weighted by Gasteiger charge is -1.98. The van der Waals surface area contributed by atoms with E-state index < -0.39 is 5.91 Å². The zero-order valence-corrected chi connectivity index (χ0v) is 7.39. The Morgan fingerprint density at radius 1 is 1.50 bits per heavy atom. The topological polar surface area (TPSA) is 60.2 Å². The van der Waals surface area contributed by atoms with E-state index in [0.717, 1.165) is 0 Å². The highest BCUT2D eigenvalue weighted by Crippen LogP contribution is 2.05. The van der Waals surface area contributed by atoms with E-state index in [2.05, 4.69) is 6.58 Å². The van der Waals surface area contributed by atoms with Crippen molar-refractivity contribution in [3.63, 3.8) is 0 Å². The third kappa shape index (κ3) is 3.14. The van der Waals surface area contributed by atoms with Crippen molar-refractivity contribution in [1.29, 1.82) is 0 Å². The Kier molecular flexibility index (Phi) is 3.97. The zero-order chi connectivity index (χ0) is 9.72. The van der Waals surface area contributed by atoms with E-state index in [-0.39, 0.29) is 11.4 Å². The molecule has 0 heterocycles. The molecular weight excluding hydrogens is 154 g/mol. The number of carbonyl (C=O) groups is 2. The van der Waals surface area contributed by atoms with Gasteiger partial charge in [-0.15, -0.1) is 0 Å². The van der Waals surface area contributed by atoms with Gasteiger partial charge in [-0.25, -0.2) is 0 Å². The molecule has 0 aromatic rings. The molecule has 2 N–H and O–H groups in total. The molecule has 0 rings (SSSR count). The van der Waals surface area contributed by atoms with Crippen molar-refractivity contribution in [3.8, 4) is 0 Å². The van der Waals surface area contributed by atoms with Crippen LogP contribution in [0, 0.1) is 0 Å². The van der Waals surface area contributed by atoms with Gasteiger partial charge in [0.2, 0.25) is 5.91 Å². The van der Waals surface area contributed by atoms with Crippen LogP contribution in [0.25, 0.3) is 0 Å². The molecule has 0 aromatic carbocycles. The van der Waals surface area contributed by atoms with Crippen LogP contribution in [0.3, 0.4) is 0 Å². The highest BCUT2D eigenvalue weighted by atomic mass is 16.1. The Morgan fingerprint density at radius 2 is 2.00 bits per heavy atom. The van der Waals surface area contributed by atoms with Gasteiger partial charge in [-0.3, -0.25) is 9.59 Å². The van der Waals surface area contributed by atoms with Gasteiger partial charge < -0.3 is 5.73 Å². The van der Waals surface area contributed by atoms with Gasteiger partial charge in [-0.2, -0.15) is 0 Å². The van der Waals surface area contributed by atoms with Crippen LogP contribution in [0.2, 0.25) is 0 Å². The summed E-state index contributed by atoms with van der Waals surface area (Å²) in [6.07, 6.45) is 2.02. The number of rotatable bonds is 4. The van der Waals surface area contributed by atoms with Crippen LogP contribution in [0.1, 0.15) is 20.3 Å². The Balaban J connectivity index is 4.61. The molecule has 0 fully saturated rings. The first kappa shape index (κ1) is 10.6. The fraction of sp³-hybridized carbons (Fsp3) is 0.333. The molecule has 0 aliphatic carbocycles. The maximum Gasteiger partial charge on any atom is 0.248 e. The van der Waals surface area contributed by atoms with Gasteiger partial charge in [0, 0.05) is 5.57 Å². The lowest BCUT2D eigenvalue weighted by atomic mass is 10.1. The first-order chi connectivity index (χ1) is 5.49. The second-order valence-corrected chi connectivity index (χ2v) is 2.47. The predicted octanol–water partition coefficient (Wildman–Crippen LogP) is 0.953. The van der Waals surface area contributed by atoms with Gasteiger partial charge in [-0.1, -0.05) is 13.5 Å². The SMILES string of the molecule is C=C(/C=C(\CC)C(C)=O)C(N)=O. The molecule has 0 bridgehead atoms. The molecule has 0 unspecified atom stereocenters. The molecule has 0 aliphatic rings. The van der Waals surface area contributed by atoms with E-state index in [4.69, 9.17) is 5.73 Å². The highest BCUT2D eigenvalue weighted by Gasteiger charge is 2.03. The molecule has 0 saturated carbocycles. The standard InChI is InChI=1S/C9H13NO2/c1-4-8(7(3)11)5-6(2)9(10)12/h5H,2,4H2,1,3H3,(H2,10,12)/b8-5+. The lowest BCUT2D eigenvalue weighted by Crippen LogP contribution is -2.12. The van der Waals surface area contributed by atoms with E-state index >= 15 is 0 Å². The molecule has 0 spiro atoms. The number of amides is 1. The zero-order valence-electron chi connectivity index (χ0n) is 7.39. The molecule has 3 nitrogen and oxygen atoms in total. The fourth-order valence-corrected chi connectivity index (χ4v) is 0.734. The number of hydrogen-bond acceptors (Lipinski definition) is 2. The first-order valence-corrected chi connectivity index (χ1v) is 3.69. The third-order valence-corrected chi connectivity index (χ3v) is 1.50. The van der Waals surface area contributed by atoms with Crippen LogP contribution in [0.4, 0.5) is 0 Å². The quantitative estimate of drug-likeness (QED) is 0.500. The largest absolute Gasteiger partial charge is 0.366 e. The number of allylic oxidation sites excluding steroid dienone is 1. The number of nitrogens with two attached hydrogens (primary N) is 1. The summed E-state index contributed by atoms with van der Waals surface area (Å²) in [4.78, 5) is 21.4. The van der Waals surface area contributed by atoms with Crippen LogP contribution >= 0.6 is 0 Å². The van der Waals surface area contributed by atoms with Crippen molar-refractivity contribution in [3.05, 3.63) is 23.8 Å². The van der Waals surface area contributed by atoms with Crippen LogP contribution in [-0.2, 0) is 9.59 Å². The second-order valence-electron chi connectivity index (χ2n) is 2.47. The highest BCUT2D eigenvalue weighted by molar-refractivity contribution is 5.99. The first-order valence-electron chi connectivity index (χ1n) is 3.69. The summed E-state index contributed by atoms with van der Waals surface area (Å²) < 4.78 is 0. The smallest absolute Gasteiger partial charge is 0.248 e. The van der Waals surface area contributed by atoms with Crippen LogP contribution in [0.5, 0.6) is 0 Å². The second kappa shape index (κ2) is 4.49. The van der Waals surface area contributed by atoms with Gasteiger partial charge >= 0.3 is 0 Å². The van der Waals surface area contributed by atoms with Crippen molar-refractivity contribution >= 4 is 11.7 Å². The summed E-state index contributed by atoms with van der Waals surface area (Å²) >= 11 is 0. The number of ketones is 1. The summed E-state index contributed by atoms with van der Waals surface area (Å²) in [5.41, 5.74) is 5.68. The Bertz CT molecular complexity index is 251. The third-order valence-electron chi connectivity index (χ3n) is 1.50. The van der Waals surface area contributed by atoms with Crippen molar-refractivity contribution in [2.75, 3.05) is 0 Å². The maximum absolute atomic E-state index is 10.9. The van der Waals surface area contributed by atoms with Gasteiger partial charge in [0.05, 0.1) is 0 Å². The van der Waals surface area contributed by atoms with Gasteiger partial charge in [0.15, 0.2) is 5.78 Å². The summed E-state index contributed by atoms with van der Waals surface area (Å²) in [6.45, 7) is 6.70. The summed E-state index contributed by atoms with van der Waals surface area (Å²) in [7, 11) is 0. The molecule has 12 heavy (non-hydrogen) atoms. The predicted molar refractivity (Wildman–Crippen MR) is 47.4 cm³/mol. The van der Waals surface area contributed by atoms with Crippen molar-refractivity contribution in [1.82, 2.24) is 0 Å². The monoisotopic (exact) mass is 167 g/mol. The van der Waals surface area contributed by atoms with E-state index in [9.17, 15) is 9.59 Å². The van der Waals surface area contributed by atoms with Crippen molar-refractivity contribution in [2.45, 2.75) is 20.3 Å². The molecule has 66 valence electrons. The van der Waals surface area contributed by atoms with Gasteiger partial charge in [0.25, 0.3) is 0 Å². The minimum Gasteiger partial charge on any atom is -0.366 e. The van der Waals surface area contributed by atoms with E-state index in [1.54, 1.807) is 0 Å². The Hall–Kier alpha value is -1.38. The maximum atomic E-state index is 10.9. The summed E-state index contributed by atoms with van der Waals surface area (Å²) in [6, 6.07) is 0. The number of carbonyl (C=O) groups excluding carboxylic acids is 2. The Labute approximate surface area is 71.9 Å². The minimum atomic E-state index is -0.595. The fourth-order valence-electron chi connectivity index (χ4n) is 0.734. The van der Waals surface area contributed by atoms with Crippen LogP contribution in [-0.4, -0.2) is 11.7 Å². The molecule has 0 saturated heterocycles. The molecule has 0 aliphatic heterocycles. The average molecular weight is 167 g/mol. The lowest BCUT2D eigenvalue weighted by molar-refractivity contribution is -0.114. The molecule has 3 heteroatoms. The molecular formula is C9H13NO2. The van der Waals surface area contributed by atoms with Gasteiger partial charge in [0.1, 0.15) is 0 Å². The van der Waals surface area contributed by atoms with E-state index in [1.807, 2.05) is 6.92 Å². The number of Topliss-reactive ketones (excluding diaryl/α,β-unsaturated/α-hetero) is 1. The van der Waals surface area contributed by atoms with Gasteiger partial charge in [-0.05, 0) is 25.0 Å². The van der Waals surface area contributed by atoms with Crippen molar-refractivity contribution < 1.29 is 9.59 Å². The summed E-state index contributed by atoms with van der Waals surface area (Å²) in [5.74, 6) is -0.651. The van der Waals surface area contributed by atoms with E-state index in [0.29, 0.717) is 12.0 Å². The number of primary amides is 1.